The maximum atomic E-state index is 3.15. The number of nitrogens with one attached hydrogen (secondary N) is 1. The SMILES string of the molecule is CNc1ccc(CCN2Cc3ccccc3C2)cc1. The first-order valence-corrected chi connectivity index (χ1v) is 6.91. The molecule has 0 atom stereocenters. The van der Waals surface area contributed by atoms with Gasteiger partial charge in [0, 0.05) is 32.4 Å². The molecule has 1 aliphatic rings. The van der Waals surface area contributed by atoms with Crippen LogP contribution in [-0.2, 0) is 19.5 Å². The highest BCUT2D eigenvalue weighted by atomic mass is 15.1. The summed E-state index contributed by atoms with van der Waals surface area (Å²) in [5, 5.41) is 3.15. The molecule has 98 valence electrons. The van der Waals surface area contributed by atoms with E-state index >= 15 is 0 Å². The Morgan fingerprint density at radius 3 is 2.16 bits per heavy atom. The number of benzene rings is 2. The third-order valence-electron chi connectivity index (χ3n) is 3.87. The smallest absolute Gasteiger partial charge is 0.0337 e. The minimum atomic E-state index is 1.10. The molecule has 0 spiro atoms. The van der Waals surface area contributed by atoms with Crippen molar-refractivity contribution >= 4 is 5.69 Å². The van der Waals surface area contributed by atoms with Gasteiger partial charge in [0.1, 0.15) is 0 Å². The van der Waals surface area contributed by atoms with E-state index in [-0.39, 0.29) is 0 Å². The second-order valence-corrected chi connectivity index (χ2v) is 5.18. The van der Waals surface area contributed by atoms with E-state index < -0.39 is 0 Å². The van der Waals surface area contributed by atoms with E-state index in [1.54, 1.807) is 0 Å². The average molecular weight is 252 g/mol. The molecule has 3 rings (SSSR count). The van der Waals surface area contributed by atoms with Crippen LogP contribution in [0.25, 0.3) is 0 Å². The van der Waals surface area contributed by atoms with Crippen molar-refractivity contribution in [3.8, 4) is 0 Å². The standard InChI is InChI=1S/C17H20N2/c1-18-17-8-6-14(7-9-17)10-11-19-12-15-4-2-3-5-16(15)13-19/h2-9,18H,10-13H2,1H3. The second kappa shape index (κ2) is 5.45. The summed E-state index contributed by atoms with van der Waals surface area (Å²) in [5.74, 6) is 0. The van der Waals surface area contributed by atoms with Crippen LogP contribution in [0.5, 0.6) is 0 Å². The number of fused-ring (bicyclic) bond motifs is 1. The molecule has 0 aliphatic carbocycles. The minimum Gasteiger partial charge on any atom is -0.388 e. The summed E-state index contributed by atoms with van der Waals surface area (Å²) in [7, 11) is 1.95. The molecule has 1 N–H and O–H groups in total. The van der Waals surface area contributed by atoms with Crippen LogP contribution in [-0.4, -0.2) is 18.5 Å². The van der Waals surface area contributed by atoms with Crippen LogP contribution < -0.4 is 5.32 Å². The van der Waals surface area contributed by atoms with Crippen molar-refractivity contribution in [1.82, 2.24) is 4.90 Å². The molecule has 0 aromatic heterocycles. The van der Waals surface area contributed by atoms with Gasteiger partial charge in [-0.1, -0.05) is 36.4 Å². The van der Waals surface area contributed by atoms with Gasteiger partial charge in [0.25, 0.3) is 0 Å². The summed E-state index contributed by atoms with van der Waals surface area (Å²) in [6, 6.07) is 17.5. The first-order valence-electron chi connectivity index (χ1n) is 6.91. The van der Waals surface area contributed by atoms with E-state index in [0.29, 0.717) is 0 Å². The van der Waals surface area contributed by atoms with Crippen molar-refractivity contribution in [3.05, 3.63) is 65.2 Å². The van der Waals surface area contributed by atoms with Gasteiger partial charge < -0.3 is 5.32 Å². The molecule has 0 radical (unpaired) electrons. The highest BCUT2D eigenvalue weighted by molar-refractivity contribution is 5.43. The third kappa shape index (κ3) is 2.79. The molecule has 0 saturated carbocycles. The maximum absolute atomic E-state index is 3.15. The van der Waals surface area contributed by atoms with Crippen molar-refractivity contribution in [1.29, 1.82) is 0 Å². The van der Waals surface area contributed by atoms with Crippen LogP contribution in [0, 0.1) is 0 Å². The fraction of sp³-hybridized carbons (Fsp3) is 0.294. The van der Waals surface area contributed by atoms with Gasteiger partial charge in [-0.05, 0) is 35.2 Å². The van der Waals surface area contributed by atoms with Crippen molar-refractivity contribution in [3.63, 3.8) is 0 Å². The number of nitrogens with zero attached hydrogens (tertiary/aromatic N) is 1. The number of anilines is 1. The fourth-order valence-corrected chi connectivity index (χ4v) is 2.69. The molecule has 2 nitrogen and oxygen atoms in total. The predicted octanol–water partition coefficient (Wildman–Crippen LogP) is 3.29. The molecule has 2 aromatic rings. The summed E-state index contributed by atoms with van der Waals surface area (Å²) in [6.07, 6.45) is 1.12. The topological polar surface area (TPSA) is 15.3 Å². The van der Waals surface area contributed by atoms with Gasteiger partial charge in [0.2, 0.25) is 0 Å². The predicted molar refractivity (Wildman–Crippen MR) is 80.2 cm³/mol. The van der Waals surface area contributed by atoms with Gasteiger partial charge in [-0.15, -0.1) is 0 Å². The normalized spacial score (nSPS) is 14.4. The number of hydrogen-bond donors (Lipinski definition) is 1. The van der Waals surface area contributed by atoms with E-state index in [4.69, 9.17) is 0 Å². The van der Waals surface area contributed by atoms with Crippen molar-refractivity contribution in [2.45, 2.75) is 19.5 Å². The Hall–Kier alpha value is -1.80. The number of hydrogen-bond acceptors (Lipinski definition) is 2. The third-order valence-corrected chi connectivity index (χ3v) is 3.87. The summed E-state index contributed by atoms with van der Waals surface area (Å²) in [5.41, 5.74) is 5.58. The van der Waals surface area contributed by atoms with Crippen LogP contribution in [0.1, 0.15) is 16.7 Å². The van der Waals surface area contributed by atoms with E-state index in [9.17, 15) is 0 Å². The lowest BCUT2D eigenvalue weighted by atomic mass is 10.1. The Bertz CT molecular complexity index is 520. The zero-order valence-electron chi connectivity index (χ0n) is 11.4. The first-order chi connectivity index (χ1) is 9.35. The first kappa shape index (κ1) is 12.2. The zero-order chi connectivity index (χ0) is 13.1. The summed E-state index contributed by atoms with van der Waals surface area (Å²) in [6.45, 7) is 3.34. The molecular weight excluding hydrogens is 232 g/mol. The Labute approximate surface area is 115 Å². The van der Waals surface area contributed by atoms with Crippen LogP contribution in [0.2, 0.25) is 0 Å². The average Bonchev–Trinajstić information content (AvgIpc) is 2.88. The molecule has 1 heterocycles. The molecule has 2 aromatic carbocycles. The summed E-state index contributed by atoms with van der Waals surface area (Å²) < 4.78 is 0. The molecular formula is C17H20N2. The lowest BCUT2D eigenvalue weighted by Gasteiger charge is -2.14. The van der Waals surface area contributed by atoms with E-state index in [1.165, 1.54) is 22.4 Å². The molecule has 19 heavy (non-hydrogen) atoms. The monoisotopic (exact) mass is 252 g/mol. The van der Waals surface area contributed by atoms with E-state index in [0.717, 1.165) is 26.1 Å². The molecule has 0 unspecified atom stereocenters. The summed E-state index contributed by atoms with van der Waals surface area (Å²) in [4.78, 5) is 2.52. The van der Waals surface area contributed by atoms with Crippen LogP contribution in [0.4, 0.5) is 5.69 Å². The van der Waals surface area contributed by atoms with Gasteiger partial charge in [0.15, 0.2) is 0 Å². The minimum absolute atomic E-state index is 1.10. The Morgan fingerprint density at radius 2 is 1.58 bits per heavy atom. The van der Waals surface area contributed by atoms with Gasteiger partial charge in [-0.25, -0.2) is 0 Å². The lowest BCUT2D eigenvalue weighted by molar-refractivity contribution is 0.288. The molecule has 0 fully saturated rings. The lowest BCUT2D eigenvalue weighted by Crippen LogP contribution is -2.19. The van der Waals surface area contributed by atoms with Crippen molar-refractivity contribution in [2.75, 3.05) is 18.9 Å². The zero-order valence-corrected chi connectivity index (χ0v) is 11.4. The van der Waals surface area contributed by atoms with Gasteiger partial charge >= 0.3 is 0 Å². The molecule has 1 aliphatic heterocycles. The molecule has 2 heteroatoms. The summed E-state index contributed by atoms with van der Waals surface area (Å²) >= 11 is 0. The molecule has 0 saturated heterocycles. The van der Waals surface area contributed by atoms with Crippen LogP contribution in [0.3, 0.4) is 0 Å². The van der Waals surface area contributed by atoms with Crippen LogP contribution in [0.15, 0.2) is 48.5 Å². The van der Waals surface area contributed by atoms with Crippen molar-refractivity contribution in [2.24, 2.45) is 0 Å². The Kier molecular flexibility index (Phi) is 3.51. The van der Waals surface area contributed by atoms with Gasteiger partial charge in [-0.2, -0.15) is 0 Å². The highest BCUT2D eigenvalue weighted by Gasteiger charge is 2.17. The number of rotatable bonds is 4. The Morgan fingerprint density at radius 1 is 0.947 bits per heavy atom. The fourth-order valence-electron chi connectivity index (χ4n) is 2.69. The van der Waals surface area contributed by atoms with Crippen molar-refractivity contribution < 1.29 is 0 Å². The highest BCUT2D eigenvalue weighted by Crippen LogP contribution is 2.22. The Balaban J connectivity index is 1.56. The molecule has 0 bridgehead atoms. The van der Waals surface area contributed by atoms with E-state index in [1.807, 2.05) is 7.05 Å². The maximum Gasteiger partial charge on any atom is 0.0337 e. The van der Waals surface area contributed by atoms with E-state index in [2.05, 4.69) is 58.7 Å². The molecule has 0 amide bonds. The van der Waals surface area contributed by atoms with Crippen LogP contribution >= 0.6 is 0 Å². The van der Waals surface area contributed by atoms with Gasteiger partial charge in [-0.3, -0.25) is 4.90 Å². The largest absolute Gasteiger partial charge is 0.388 e. The quantitative estimate of drug-likeness (QED) is 0.898. The van der Waals surface area contributed by atoms with Gasteiger partial charge in [0.05, 0.1) is 0 Å². The second-order valence-electron chi connectivity index (χ2n) is 5.18.